The third-order valence-electron chi connectivity index (χ3n) is 5.03. The molecule has 2 amide bonds. The van der Waals surface area contributed by atoms with Gasteiger partial charge in [0.2, 0.25) is 0 Å². The smallest absolute Gasteiger partial charge is 0.276 e. The Hall–Kier alpha value is -3.90. The second-order valence-electron chi connectivity index (χ2n) is 7.86. The van der Waals surface area contributed by atoms with E-state index in [4.69, 9.17) is 10.5 Å². The molecule has 0 radical (unpaired) electrons. The van der Waals surface area contributed by atoms with Crippen molar-refractivity contribution in [1.29, 1.82) is 5.41 Å². The number of nitrogens with one attached hydrogen (secondary N) is 4. The third kappa shape index (κ3) is 6.33. The van der Waals surface area contributed by atoms with E-state index in [-0.39, 0.29) is 17.9 Å². The first-order valence-electron chi connectivity index (χ1n) is 10.7. The molecule has 180 valence electrons. The monoisotopic (exact) mass is 468 g/mol. The van der Waals surface area contributed by atoms with Crippen molar-refractivity contribution in [2.24, 2.45) is 0 Å². The van der Waals surface area contributed by atoms with Gasteiger partial charge < -0.3 is 31.1 Å². The summed E-state index contributed by atoms with van der Waals surface area (Å²) in [6.45, 7) is -0.692. The number of likely N-dealkylation sites (N-methyl/N-ethyl adjacent to an activating group) is 1. The van der Waals surface area contributed by atoms with Crippen LogP contribution in [0.3, 0.4) is 0 Å². The van der Waals surface area contributed by atoms with Gasteiger partial charge in [0.05, 0.1) is 42.2 Å². The fraction of sp³-hybridized carbons (Fsp3) is 0.364. The van der Waals surface area contributed by atoms with Crippen molar-refractivity contribution in [3.8, 4) is 0 Å². The van der Waals surface area contributed by atoms with E-state index in [0.717, 1.165) is 23.4 Å². The summed E-state index contributed by atoms with van der Waals surface area (Å²) in [6, 6.07) is 3.61. The fourth-order valence-corrected chi connectivity index (χ4v) is 3.13. The lowest BCUT2D eigenvalue weighted by atomic mass is 10.1. The summed E-state index contributed by atoms with van der Waals surface area (Å²) in [6.07, 6.45) is 6.69. The highest BCUT2D eigenvalue weighted by molar-refractivity contribution is 6.44. The van der Waals surface area contributed by atoms with Crippen LogP contribution < -0.4 is 16.0 Å². The molecule has 34 heavy (non-hydrogen) atoms. The number of rotatable bonds is 11. The van der Waals surface area contributed by atoms with Crippen LogP contribution in [-0.4, -0.2) is 80.9 Å². The van der Waals surface area contributed by atoms with Crippen LogP contribution in [0.4, 0.5) is 11.4 Å². The van der Waals surface area contributed by atoms with Gasteiger partial charge in [-0.15, -0.1) is 0 Å². The number of hydrogen-bond donors (Lipinski definition) is 6. The molecule has 1 unspecified atom stereocenters. The largest absolute Gasteiger partial charge is 0.394 e. The van der Waals surface area contributed by atoms with Crippen molar-refractivity contribution in [3.63, 3.8) is 0 Å². The van der Waals surface area contributed by atoms with Gasteiger partial charge in [0, 0.05) is 38.5 Å². The van der Waals surface area contributed by atoms with Gasteiger partial charge in [-0.3, -0.25) is 15.0 Å². The molecule has 12 heteroatoms. The quantitative estimate of drug-likeness (QED) is 0.250. The highest BCUT2D eigenvalue weighted by Crippen LogP contribution is 2.39. The molecule has 0 saturated heterocycles. The van der Waals surface area contributed by atoms with Crippen LogP contribution in [0.25, 0.3) is 0 Å². The minimum Gasteiger partial charge on any atom is -0.394 e. The Morgan fingerprint density at radius 2 is 2.00 bits per heavy atom. The predicted molar refractivity (Wildman–Crippen MR) is 125 cm³/mol. The molecule has 0 spiro atoms. The number of hydrogen-bond acceptors (Lipinski definition) is 10. The highest BCUT2D eigenvalue weighted by atomic mass is 16.3. The minimum absolute atomic E-state index is 0.0737. The molecule has 12 nitrogen and oxygen atoms in total. The van der Waals surface area contributed by atoms with E-state index in [9.17, 15) is 14.7 Å². The van der Waals surface area contributed by atoms with E-state index < -0.39 is 30.2 Å². The number of carbonyl (C=O) groups is 2. The maximum Gasteiger partial charge on any atom is 0.276 e. The van der Waals surface area contributed by atoms with Crippen molar-refractivity contribution in [2.45, 2.75) is 24.9 Å². The highest BCUT2D eigenvalue weighted by Gasteiger charge is 2.28. The molecule has 2 heterocycles. The van der Waals surface area contributed by atoms with Crippen LogP contribution in [0, 0.1) is 5.41 Å². The summed E-state index contributed by atoms with van der Waals surface area (Å²) < 4.78 is 0. The number of aliphatic hydroxyl groups is 2. The molecule has 2 aromatic heterocycles. The van der Waals surface area contributed by atoms with E-state index in [2.05, 4.69) is 30.9 Å². The second-order valence-corrected chi connectivity index (χ2v) is 7.86. The second kappa shape index (κ2) is 11.3. The summed E-state index contributed by atoms with van der Waals surface area (Å²) in [7, 11) is 2.96. The first-order chi connectivity index (χ1) is 16.3. The molecular formula is C22H28N8O4. The molecule has 1 saturated carbocycles. The molecule has 0 bridgehead atoms. The molecule has 0 aliphatic heterocycles. The van der Waals surface area contributed by atoms with Crippen molar-refractivity contribution < 1.29 is 19.8 Å². The summed E-state index contributed by atoms with van der Waals surface area (Å²) in [5.41, 5.74) is 1.30. The Kier molecular flexibility index (Phi) is 8.22. The molecule has 1 atom stereocenters. The normalized spacial score (nSPS) is 14.2. The van der Waals surface area contributed by atoms with Crippen LogP contribution >= 0.6 is 0 Å². The third-order valence-corrected chi connectivity index (χ3v) is 5.03. The molecule has 1 fully saturated rings. The molecule has 0 aromatic carbocycles. The number of pyridine rings is 1. The van der Waals surface area contributed by atoms with Gasteiger partial charge in [-0.05, 0) is 25.0 Å². The van der Waals surface area contributed by atoms with Crippen molar-refractivity contribution in [3.05, 3.63) is 54.1 Å². The molecule has 2 aromatic rings. The van der Waals surface area contributed by atoms with Crippen molar-refractivity contribution in [1.82, 2.24) is 30.5 Å². The van der Waals surface area contributed by atoms with E-state index >= 15 is 0 Å². The number of nitrogens with zero attached hydrogens (tertiary/aromatic N) is 4. The van der Waals surface area contributed by atoms with E-state index in [1.54, 1.807) is 25.5 Å². The predicted octanol–water partition coefficient (Wildman–Crippen LogP) is 0.115. The zero-order valence-electron chi connectivity index (χ0n) is 18.9. The number of amides is 2. The number of aliphatic hydroxyl groups excluding tert-OH is 2. The van der Waals surface area contributed by atoms with Gasteiger partial charge in [0.25, 0.3) is 11.8 Å². The van der Waals surface area contributed by atoms with Crippen LogP contribution in [0.2, 0.25) is 0 Å². The van der Waals surface area contributed by atoms with Crippen molar-refractivity contribution >= 4 is 28.9 Å². The zero-order valence-corrected chi connectivity index (χ0v) is 18.9. The van der Waals surface area contributed by atoms with Crippen LogP contribution in [0.5, 0.6) is 0 Å². The lowest BCUT2D eigenvalue weighted by Gasteiger charge is -2.21. The van der Waals surface area contributed by atoms with Gasteiger partial charge in [0.1, 0.15) is 12.0 Å². The van der Waals surface area contributed by atoms with E-state index in [1.165, 1.54) is 19.6 Å². The first kappa shape index (κ1) is 24.7. The van der Waals surface area contributed by atoms with Crippen LogP contribution in [0.1, 0.15) is 34.9 Å². The number of aromatic nitrogens is 3. The number of anilines is 2. The summed E-state index contributed by atoms with van der Waals surface area (Å²) in [5.74, 6) is -1.05. The van der Waals surface area contributed by atoms with Gasteiger partial charge in [-0.25, -0.2) is 15.0 Å². The molecule has 1 aliphatic rings. The number of carbonyl (C=O) groups excluding carboxylic acids is 2. The van der Waals surface area contributed by atoms with Gasteiger partial charge >= 0.3 is 0 Å². The molecule has 1 aliphatic carbocycles. The maximum atomic E-state index is 13.2. The van der Waals surface area contributed by atoms with Gasteiger partial charge in [0.15, 0.2) is 5.69 Å². The van der Waals surface area contributed by atoms with E-state index in [0.29, 0.717) is 17.3 Å². The summed E-state index contributed by atoms with van der Waals surface area (Å²) >= 11 is 0. The Morgan fingerprint density at radius 3 is 2.62 bits per heavy atom. The average Bonchev–Trinajstić information content (AvgIpc) is 3.69. The Balaban J connectivity index is 1.83. The Bertz CT molecular complexity index is 1070. The minimum atomic E-state index is -1.14. The summed E-state index contributed by atoms with van der Waals surface area (Å²) in [5, 5.41) is 35.3. The van der Waals surface area contributed by atoms with Gasteiger partial charge in [-0.2, -0.15) is 0 Å². The van der Waals surface area contributed by atoms with Crippen LogP contribution in [0.15, 0.2) is 42.8 Å². The van der Waals surface area contributed by atoms with E-state index in [1.807, 2.05) is 6.07 Å². The fourth-order valence-electron chi connectivity index (χ4n) is 3.13. The lowest BCUT2D eigenvalue weighted by Crippen LogP contribution is -2.42. The topological polar surface area (TPSA) is 176 Å². The SMILES string of the molecule is CN/C=C(/NC(=O)c1nc(C2CC2)ccc1Nc1cncnc1)C(=N)C(=O)N(C)CC(O)CO. The lowest BCUT2D eigenvalue weighted by molar-refractivity contribution is -0.124. The molecule has 6 N–H and O–H groups in total. The van der Waals surface area contributed by atoms with Crippen LogP contribution in [-0.2, 0) is 4.79 Å². The molecule has 3 rings (SSSR count). The zero-order chi connectivity index (χ0) is 24.7. The molecular weight excluding hydrogens is 440 g/mol. The Morgan fingerprint density at radius 1 is 1.29 bits per heavy atom. The Labute approximate surface area is 196 Å². The summed E-state index contributed by atoms with van der Waals surface area (Å²) in [4.78, 5) is 39.4. The first-order valence-corrected chi connectivity index (χ1v) is 10.7. The standard InChI is InChI=1S/C22H28N8O4/c1-24-9-18(19(23)22(34)30(2)10-15(32)11-31)29-21(33)20-17(27-14-7-25-12-26-8-14)6-5-16(28-20)13-3-4-13/h5-9,12-13,15,23-24,27,31-32H,3-4,10-11H2,1-2H3,(H,29,33)/b18-9+,23-19?. The maximum absolute atomic E-state index is 13.2. The van der Waals surface area contributed by atoms with Gasteiger partial charge in [-0.1, -0.05) is 0 Å². The van der Waals surface area contributed by atoms with Crippen molar-refractivity contribution in [2.75, 3.05) is 32.6 Å². The average molecular weight is 469 g/mol.